The second-order valence-corrected chi connectivity index (χ2v) is 6.27. The number of halogens is 1. The van der Waals surface area contributed by atoms with Gasteiger partial charge in [0.1, 0.15) is 0 Å². The predicted octanol–water partition coefficient (Wildman–Crippen LogP) is 2.82. The molecule has 1 amide bonds. The van der Waals surface area contributed by atoms with Gasteiger partial charge in [0.25, 0.3) is 0 Å². The molecule has 3 N–H and O–H groups in total. The van der Waals surface area contributed by atoms with Crippen LogP contribution in [0.2, 0.25) is 5.02 Å². The highest BCUT2D eigenvalue weighted by molar-refractivity contribution is 7.99. The Kier molecular flexibility index (Phi) is 4.85. The van der Waals surface area contributed by atoms with Gasteiger partial charge in [-0.2, -0.15) is 0 Å². The van der Waals surface area contributed by atoms with Gasteiger partial charge in [0.2, 0.25) is 5.91 Å². The molecule has 0 atom stereocenters. The fourth-order valence-electron chi connectivity index (χ4n) is 2.29. The molecule has 0 aliphatic heterocycles. The number of hydrazine groups is 1. The lowest BCUT2D eigenvalue weighted by Crippen LogP contribution is -2.31. The van der Waals surface area contributed by atoms with Crippen molar-refractivity contribution < 1.29 is 4.79 Å². The standard InChI is InChI=1S/C16H15ClN4OS/c17-12-6-2-1-5-11(12)9-21-14-8-4-3-7-13(14)19-16(21)23-10-15(22)20-18/h1-8H,9-10,18H2,(H,20,22). The number of carbonyl (C=O) groups excluding carboxylic acids is 1. The summed E-state index contributed by atoms with van der Waals surface area (Å²) in [4.78, 5) is 16.0. The van der Waals surface area contributed by atoms with Crippen molar-refractivity contribution in [3.8, 4) is 0 Å². The van der Waals surface area contributed by atoms with Crippen LogP contribution in [0.1, 0.15) is 5.56 Å². The number of nitrogens with zero attached hydrogens (tertiary/aromatic N) is 2. The quantitative estimate of drug-likeness (QED) is 0.322. The molecule has 2 aromatic carbocycles. The van der Waals surface area contributed by atoms with Crippen LogP contribution in [0.15, 0.2) is 53.7 Å². The first kappa shape index (κ1) is 15.9. The largest absolute Gasteiger partial charge is 0.314 e. The van der Waals surface area contributed by atoms with Crippen LogP contribution in [0.4, 0.5) is 0 Å². The topological polar surface area (TPSA) is 72.9 Å². The molecule has 118 valence electrons. The zero-order valence-electron chi connectivity index (χ0n) is 12.2. The van der Waals surface area contributed by atoms with E-state index in [0.29, 0.717) is 11.6 Å². The first-order valence-corrected chi connectivity index (χ1v) is 8.36. The van der Waals surface area contributed by atoms with Crippen LogP contribution in [0.25, 0.3) is 11.0 Å². The molecule has 0 aliphatic rings. The Bertz CT molecular complexity index is 849. The molecule has 0 unspecified atom stereocenters. The summed E-state index contributed by atoms with van der Waals surface area (Å²) in [6.07, 6.45) is 0. The smallest absolute Gasteiger partial charge is 0.244 e. The van der Waals surface area contributed by atoms with Gasteiger partial charge in [0.05, 0.1) is 23.3 Å². The molecule has 1 heterocycles. The van der Waals surface area contributed by atoms with Crippen molar-refractivity contribution >= 4 is 40.3 Å². The van der Waals surface area contributed by atoms with Gasteiger partial charge < -0.3 is 4.57 Å². The Morgan fingerprint density at radius 1 is 1.22 bits per heavy atom. The zero-order chi connectivity index (χ0) is 16.2. The van der Waals surface area contributed by atoms with Crippen molar-refractivity contribution in [2.45, 2.75) is 11.7 Å². The molecule has 3 rings (SSSR count). The van der Waals surface area contributed by atoms with E-state index in [1.165, 1.54) is 11.8 Å². The first-order valence-electron chi connectivity index (χ1n) is 7.00. The summed E-state index contributed by atoms with van der Waals surface area (Å²) in [5, 5.41) is 1.47. The monoisotopic (exact) mass is 346 g/mol. The molecule has 0 radical (unpaired) electrons. The Hall–Kier alpha value is -2.02. The summed E-state index contributed by atoms with van der Waals surface area (Å²) in [6.45, 7) is 0.590. The minimum absolute atomic E-state index is 0.211. The second kappa shape index (κ2) is 7.04. The predicted molar refractivity (Wildman–Crippen MR) is 93.3 cm³/mol. The third kappa shape index (κ3) is 3.50. The summed E-state index contributed by atoms with van der Waals surface area (Å²) >= 11 is 7.62. The Labute approximate surface area is 142 Å². The molecule has 0 fully saturated rings. The molecular formula is C16H15ClN4OS. The van der Waals surface area contributed by atoms with E-state index in [9.17, 15) is 4.79 Å². The maximum absolute atomic E-state index is 11.4. The Balaban J connectivity index is 1.99. The molecule has 7 heteroatoms. The van der Waals surface area contributed by atoms with Crippen LogP contribution < -0.4 is 11.3 Å². The number of fused-ring (bicyclic) bond motifs is 1. The van der Waals surface area contributed by atoms with Gasteiger partial charge in [0, 0.05) is 5.02 Å². The summed E-state index contributed by atoms with van der Waals surface area (Å²) in [7, 11) is 0. The van der Waals surface area contributed by atoms with Crippen LogP contribution in [-0.2, 0) is 11.3 Å². The number of para-hydroxylation sites is 2. The number of rotatable bonds is 5. The fourth-order valence-corrected chi connectivity index (χ4v) is 3.31. The minimum atomic E-state index is -0.244. The van der Waals surface area contributed by atoms with E-state index in [-0.39, 0.29) is 11.7 Å². The van der Waals surface area contributed by atoms with Gasteiger partial charge in [-0.3, -0.25) is 10.2 Å². The highest BCUT2D eigenvalue weighted by Gasteiger charge is 2.13. The van der Waals surface area contributed by atoms with Crippen LogP contribution in [0.3, 0.4) is 0 Å². The van der Waals surface area contributed by atoms with Gasteiger partial charge >= 0.3 is 0 Å². The van der Waals surface area contributed by atoms with Crippen molar-refractivity contribution in [3.63, 3.8) is 0 Å². The van der Waals surface area contributed by atoms with E-state index in [0.717, 1.165) is 21.8 Å². The number of hydrogen-bond donors (Lipinski definition) is 2. The van der Waals surface area contributed by atoms with Crippen LogP contribution >= 0.6 is 23.4 Å². The molecule has 0 spiro atoms. The van der Waals surface area contributed by atoms with Gasteiger partial charge in [-0.1, -0.05) is 53.7 Å². The van der Waals surface area contributed by atoms with Gasteiger partial charge in [0.15, 0.2) is 5.16 Å². The molecule has 0 aliphatic carbocycles. The summed E-state index contributed by atoms with van der Waals surface area (Å²) < 4.78 is 2.06. The van der Waals surface area contributed by atoms with E-state index < -0.39 is 0 Å². The lowest BCUT2D eigenvalue weighted by atomic mass is 10.2. The Morgan fingerprint density at radius 2 is 1.96 bits per heavy atom. The lowest BCUT2D eigenvalue weighted by molar-refractivity contribution is -0.118. The average Bonchev–Trinajstić information content (AvgIpc) is 2.92. The van der Waals surface area contributed by atoms with E-state index >= 15 is 0 Å². The van der Waals surface area contributed by atoms with Crippen molar-refractivity contribution in [2.24, 2.45) is 5.84 Å². The summed E-state index contributed by atoms with van der Waals surface area (Å²) in [5.74, 6) is 5.10. The number of aromatic nitrogens is 2. The van der Waals surface area contributed by atoms with Gasteiger partial charge in [-0.05, 0) is 23.8 Å². The minimum Gasteiger partial charge on any atom is -0.314 e. The van der Waals surface area contributed by atoms with Crippen LogP contribution in [0.5, 0.6) is 0 Å². The van der Waals surface area contributed by atoms with E-state index in [2.05, 4.69) is 15.0 Å². The van der Waals surface area contributed by atoms with Gasteiger partial charge in [-0.15, -0.1) is 0 Å². The normalized spacial score (nSPS) is 10.9. The van der Waals surface area contributed by atoms with Crippen molar-refractivity contribution in [3.05, 3.63) is 59.1 Å². The second-order valence-electron chi connectivity index (χ2n) is 4.92. The van der Waals surface area contributed by atoms with Crippen LogP contribution in [0, 0.1) is 0 Å². The molecule has 0 saturated carbocycles. The lowest BCUT2D eigenvalue weighted by Gasteiger charge is -2.10. The fraction of sp³-hybridized carbons (Fsp3) is 0.125. The molecule has 23 heavy (non-hydrogen) atoms. The third-order valence-electron chi connectivity index (χ3n) is 3.40. The zero-order valence-corrected chi connectivity index (χ0v) is 13.8. The van der Waals surface area contributed by atoms with E-state index in [1.807, 2.05) is 48.5 Å². The molecule has 1 aromatic heterocycles. The summed E-state index contributed by atoms with van der Waals surface area (Å²) in [5.41, 5.74) is 5.02. The summed E-state index contributed by atoms with van der Waals surface area (Å²) in [6, 6.07) is 15.6. The molecule has 0 bridgehead atoms. The molecule has 0 saturated heterocycles. The Morgan fingerprint density at radius 3 is 2.74 bits per heavy atom. The number of thioether (sulfide) groups is 1. The molecule has 3 aromatic rings. The molecule has 5 nitrogen and oxygen atoms in total. The highest BCUT2D eigenvalue weighted by atomic mass is 35.5. The maximum Gasteiger partial charge on any atom is 0.244 e. The number of imidazole rings is 1. The number of nitrogens with one attached hydrogen (secondary N) is 1. The van der Waals surface area contributed by atoms with E-state index in [1.54, 1.807) is 0 Å². The SMILES string of the molecule is NNC(=O)CSc1nc2ccccc2n1Cc1ccccc1Cl. The number of hydrogen-bond acceptors (Lipinski definition) is 4. The van der Waals surface area contributed by atoms with Crippen molar-refractivity contribution in [1.82, 2.24) is 15.0 Å². The van der Waals surface area contributed by atoms with Crippen molar-refractivity contribution in [2.75, 3.05) is 5.75 Å². The number of nitrogens with two attached hydrogens (primary N) is 1. The average molecular weight is 347 g/mol. The number of amides is 1. The molecular weight excluding hydrogens is 332 g/mol. The number of carbonyl (C=O) groups is 1. The van der Waals surface area contributed by atoms with Crippen molar-refractivity contribution in [1.29, 1.82) is 0 Å². The maximum atomic E-state index is 11.4. The first-order chi connectivity index (χ1) is 11.2. The number of benzene rings is 2. The highest BCUT2D eigenvalue weighted by Crippen LogP contribution is 2.26. The van der Waals surface area contributed by atoms with E-state index in [4.69, 9.17) is 17.4 Å². The van der Waals surface area contributed by atoms with Gasteiger partial charge in [-0.25, -0.2) is 10.8 Å². The third-order valence-corrected chi connectivity index (χ3v) is 4.74. The van der Waals surface area contributed by atoms with Crippen LogP contribution in [-0.4, -0.2) is 21.2 Å².